The summed E-state index contributed by atoms with van der Waals surface area (Å²) in [6.45, 7) is 2.47. The molecular weight excluding hydrogens is 302 g/mol. The minimum atomic E-state index is 0.445. The van der Waals surface area contributed by atoms with Crippen LogP contribution in [0.5, 0.6) is 5.75 Å². The summed E-state index contributed by atoms with van der Waals surface area (Å²) in [5.74, 6) is 0.840. The number of benzene rings is 1. The minimum Gasteiger partial charge on any atom is -0.486 e. The first-order valence-corrected chi connectivity index (χ1v) is 6.69. The summed E-state index contributed by atoms with van der Waals surface area (Å²) in [6.07, 6.45) is 0. The quantitative estimate of drug-likeness (QED) is 0.941. The van der Waals surface area contributed by atoms with Crippen molar-refractivity contribution in [2.75, 3.05) is 12.4 Å². The average molecular weight is 314 g/mol. The second-order valence-electron chi connectivity index (χ2n) is 3.45. The van der Waals surface area contributed by atoms with Gasteiger partial charge in [0.15, 0.2) is 5.01 Å². The second-order valence-corrected chi connectivity index (χ2v) is 5.37. The van der Waals surface area contributed by atoms with E-state index in [0.717, 1.165) is 25.9 Å². The van der Waals surface area contributed by atoms with Crippen molar-refractivity contribution in [1.82, 2.24) is 10.2 Å². The second kappa shape index (κ2) is 5.46. The minimum absolute atomic E-state index is 0.445. The number of nitrogens with one attached hydrogen (secondary N) is 1. The third kappa shape index (κ3) is 3.17. The van der Waals surface area contributed by atoms with Gasteiger partial charge in [0.25, 0.3) is 0 Å². The molecule has 0 radical (unpaired) electrons. The molecule has 17 heavy (non-hydrogen) atoms. The van der Waals surface area contributed by atoms with Gasteiger partial charge in [-0.3, -0.25) is 0 Å². The van der Waals surface area contributed by atoms with Gasteiger partial charge in [-0.05, 0) is 30.7 Å². The van der Waals surface area contributed by atoms with E-state index in [0.29, 0.717) is 6.61 Å². The number of aromatic nitrogens is 2. The fraction of sp³-hybridized carbons (Fsp3) is 0.273. The van der Waals surface area contributed by atoms with E-state index in [9.17, 15) is 0 Å². The maximum absolute atomic E-state index is 5.65. The Balaban J connectivity index is 1.99. The number of nitrogens with zero attached hydrogens (tertiary/aromatic N) is 2. The monoisotopic (exact) mass is 313 g/mol. The summed E-state index contributed by atoms with van der Waals surface area (Å²) in [4.78, 5) is 0. The SMILES string of the molecule is CNc1nnc(COc2ccc(Br)c(C)c2)s1. The average Bonchev–Trinajstić information content (AvgIpc) is 2.79. The van der Waals surface area contributed by atoms with E-state index in [1.807, 2.05) is 32.2 Å². The van der Waals surface area contributed by atoms with Crippen LogP contribution in [0.25, 0.3) is 0 Å². The van der Waals surface area contributed by atoms with Crippen LogP contribution in [-0.4, -0.2) is 17.2 Å². The Hall–Kier alpha value is -1.14. The molecule has 0 atom stereocenters. The lowest BCUT2D eigenvalue weighted by Crippen LogP contribution is -1.95. The third-order valence-corrected chi connectivity index (χ3v) is 3.98. The van der Waals surface area contributed by atoms with Crippen molar-refractivity contribution >= 4 is 32.4 Å². The van der Waals surface area contributed by atoms with Crippen LogP contribution < -0.4 is 10.1 Å². The summed E-state index contributed by atoms with van der Waals surface area (Å²) in [5.41, 5.74) is 1.15. The number of rotatable bonds is 4. The molecule has 2 aromatic rings. The zero-order valence-electron chi connectivity index (χ0n) is 9.53. The molecule has 1 aromatic carbocycles. The highest BCUT2D eigenvalue weighted by atomic mass is 79.9. The zero-order valence-corrected chi connectivity index (χ0v) is 11.9. The van der Waals surface area contributed by atoms with Crippen LogP contribution in [0.4, 0.5) is 5.13 Å². The number of ether oxygens (including phenoxy) is 1. The largest absolute Gasteiger partial charge is 0.486 e. The number of aryl methyl sites for hydroxylation is 1. The first-order valence-electron chi connectivity index (χ1n) is 5.08. The maximum Gasteiger partial charge on any atom is 0.205 e. The molecule has 0 saturated carbocycles. The number of hydrogen-bond acceptors (Lipinski definition) is 5. The molecule has 0 aliphatic carbocycles. The third-order valence-electron chi connectivity index (χ3n) is 2.17. The van der Waals surface area contributed by atoms with E-state index < -0.39 is 0 Å². The zero-order chi connectivity index (χ0) is 12.3. The lowest BCUT2D eigenvalue weighted by atomic mass is 10.2. The van der Waals surface area contributed by atoms with Crippen LogP contribution in [0.15, 0.2) is 22.7 Å². The standard InChI is InChI=1S/C11H12BrN3OS/c1-7-5-8(3-4-9(7)12)16-6-10-14-15-11(13-2)17-10/h3-5H,6H2,1-2H3,(H,13,15). The number of hydrogen-bond donors (Lipinski definition) is 1. The molecule has 0 amide bonds. The highest BCUT2D eigenvalue weighted by Gasteiger charge is 2.04. The van der Waals surface area contributed by atoms with Gasteiger partial charge >= 0.3 is 0 Å². The van der Waals surface area contributed by atoms with Crippen LogP contribution in [0.3, 0.4) is 0 Å². The van der Waals surface area contributed by atoms with Crippen LogP contribution in [0, 0.1) is 6.92 Å². The lowest BCUT2D eigenvalue weighted by molar-refractivity contribution is 0.304. The molecule has 0 fully saturated rings. The molecule has 0 spiro atoms. The molecule has 0 saturated heterocycles. The van der Waals surface area contributed by atoms with Gasteiger partial charge in [-0.25, -0.2) is 0 Å². The van der Waals surface area contributed by atoms with Crippen molar-refractivity contribution in [1.29, 1.82) is 0 Å². The maximum atomic E-state index is 5.65. The summed E-state index contributed by atoms with van der Waals surface area (Å²) >= 11 is 4.95. The van der Waals surface area contributed by atoms with Gasteiger partial charge in [-0.15, -0.1) is 10.2 Å². The Labute approximate surface area is 112 Å². The smallest absolute Gasteiger partial charge is 0.205 e. The fourth-order valence-corrected chi connectivity index (χ4v) is 2.12. The number of halogens is 1. The summed E-state index contributed by atoms with van der Waals surface area (Å²) in [6, 6.07) is 5.89. The molecule has 6 heteroatoms. The van der Waals surface area contributed by atoms with Gasteiger partial charge in [-0.1, -0.05) is 27.3 Å². The number of anilines is 1. The summed E-state index contributed by atoms with van der Waals surface area (Å²) < 4.78 is 6.73. The lowest BCUT2D eigenvalue weighted by Gasteiger charge is -2.05. The first kappa shape index (κ1) is 12.3. The van der Waals surface area contributed by atoms with Crippen LogP contribution in [0.1, 0.15) is 10.6 Å². The molecule has 0 aliphatic rings. The van der Waals surface area contributed by atoms with Gasteiger partial charge in [-0.2, -0.15) is 0 Å². The van der Waals surface area contributed by atoms with Crippen LogP contribution in [-0.2, 0) is 6.61 Å². The molecule has 1 heterocycles. The van der Waals surface area contributed by atoms with Crippen molar-refractivity contribution in [2.24, 2.45) is 0 Å². The molecule has 1 N–H and O–H groups in total. The molecule has 1 aromatic heterocycles. The van der Waals surface area contributed by atoms with Gasteiger partial charge in [0, 0.05) is 11.5 Å². The highest BCUT2D eigenvalue weighted by molar-refractivity contribution is 9.10. The van der Waals surface area contributed by atoms with Crippen LogP contribution >= 0.6 is 27.3 Å². The topological polar surface area (TPSA) is 47.0 Å². The molecular formula is C11H12BrN3OS. The van der Waals surface area contributed by atoms with Crippen molar-refractivity contribution in [3.05, 3.63) is 33.2 Å². The Morgan fingerprint density at radius 1 is 1.41 bits per heavy atom. The highest BCUT2D eigenvalue weighted by Crippen LogP contribution is 2.23. The fourth-order valence-electron chi connectivity index (χ4n) is 1.26. The Morgan fingerprint density at radius 3 is 2.88 bits per heavy atom. The molecule has 4 nitrogen and oxygen atoms in total. The van der Waals surface area contributed by atoms with E-state index in [1.54, 1.807) is 0 Å². The van der Waals surface area contributed by atoms with E-state index in [4.69, 9.17) is 4.74 Å². The molecule has 90 valence electrons. The van der Waals surface area contributed by atoms with E-state index in [1.165, 1.54) is 11.3 Å². The Kier molecular flexibility index (Phi) is 3.96. The van der Waals surface area contributed by atoms with Gasteiger partial charge in [0.2, 0.25) is 5.13 Å². The van der Waals surface area contributed by atoms with Crippen molar-refractivity contribution in [3.63, 3.8) is 0 Å². The van der Waals surface area contributed by atoms with Crippen LogP contribution in [0.2, 0.25) is 0 Å². The predicted molar refractivity (Wildman–Crippen MR) is 72.7 cm³/mol. The predicted octanol–water partition coefficient (Wildman–Crippen LogP) is 3.23. The normalized spacial score (nSPS) is 10.3. The summed E-state index contributed by atoms with van der Waals surface area (Å²) in [5, 5.41) is 12.6. The summed E-state index contributed by atoms with van der Waals surface area (Å²) in [7, 11) is 1.82. The molecule has 2 rings (SSSR count). The van der Waals surface area contributed by atoms with Crippen molar-refractivity contribution in [3.8, 4) is 5.75 Å². The van der Waals surface area contributed by atoms with Crippen molar-refractivity contribution in [2.45, 2.75) is 13.5 Å². The first-order chi connectivity index (χ1) is 8.19. The molecule has 0 unspecified atom stereocenters. The Bertz CT molecular complexity index is 515. The Morgan fingerprint density at radius 2 is 2.24 bits per heavy atom. The van der Waals surface area contributed by atoms with E-state index in [-0.39, 0.29) is 0 Å². The van der Waals surface area contributed by atoms with Crippen molar-refractivity contribution < 1.29 is 4.74 Å². The van der Waals surface area contributed by atoms with Gasteiger partial charge in [0.1, 0.15) is 12.4 Å². The molecule has 0 bridgehead atoms. The van der Waals surface area contributed by atoms with Gasteiger partial charge in [0.05, 0.1) is 0 Å². The van der Waals surface area contributed by atoms with E-state index >= 15 is 0 Å². The molecule has 0 aliphatic heterocycles. The van der Waals surface area contributed by atoms with E-state index in [2.05, 4.69) is 31.4 Å². The van der Waals surface area contributed by atoms with Gasteiger partial charge < -0.3 is 10.1 Å².